The van der Waals surface area contributed by atoms with E-state index in [4.69, 9.17) is 11.6 Å². The molecule has 72 valence electrons. The molecular formula is C13H9ClN+. The topological polar surface area (TPSA) is 4.10 Å². The molecule has 3 aromatic rings. The van der Waals surface area contributed by atoms with Gasteiger partial charge in [-0.2, -0.15) is 4.40 Å². The molecule has 0 aliphatic heterocycles. The highest BCUT2D eigenvalue weighted by Gasteiger charge is 2.06. The van der Waals surface area contributed by atoms with Gasteiger partial charge < -0.3 is 0 Å². The maximum Gasteiger partial charge on any atom is 0.218 e. The average molecular weight is 215 g/mol. The number of benzene rings is 1. The first-order valence-electron chi connectivity index (χ1n) is 4.83. The van der Waals surface area contributed by atoms with E-state index in [0.717, 1.165) is 5.02 Å². The third-order valence-electron chi connectivity index (χ3n) is 2.60. The molecule has 15 heavy (non-hydrogen) atoms. The first-order valence-corrected chi connectivity index (χ1v) is 5.21. The van der Waals surface area contributed by atoms with Crippen molar-refractivity contribution >= 4 is 27.9 Å². The van der Waals surface area contributed by atoms with Crippen molar-refractivity contribution in [3.63, 3.8) is 0 Å². The zero-order valence-electron chi connectivity index (χ0n) is 8.02. The predicted octanol–water partition coefficient (Wildman–Crippen LogP) is 3.23. The van der Waals surface area contributed by atoms with E-state index in [2.05, 4.69) is 22.7 Å². The van der Waals surface area contributed by atoms with E-state index in [1.54, 1.807) is 0 Å². The Balaban J connectivity index is 2.57. The third kappa shape index (κ3) is 1.36. The maximum atomic E-state index is 6.01. The zero-order valence-corrected chi connectivity index (χ0v) is 8.78. The Morgan fingerprint density at radius 2 is 1.87 bits per heavy atom. The van der Waals surface area contributed by atoms with Gasteiger partial charge in [-0.05, 0) is 23.6 Å². The van der Waals surface area contributed by atoms with E-state index in [-0.39, 0.29) is 0 Å². The van der Waals surface area contributed by atoms with Crippen molar-refractivity contribution in [2.24, 2.45) is 0 Å². The molecule has 0 unspecified atom stereocenters. The van der Waals surface area contributed by atoms with Crippen LogP contribution in [0.5, 0.6) is 0 Å². The van der Waals surface area contributed by atoms with E-state index in [1.165, 1.54) is 16.3 Å². The molecule has 0 radical (unpaired) electrons. The quantitative estimate of drug-likeness (QED) is 0.400. The molecule has 0 saturated heterocycles. The van der Waals surface area contributed by atoms with Crippen LogP contribution in [0.1, 0.15) is 0 Å². The van der Waals surface area contributed by atoms with Gasteiger partial charge in [0.25, 0.3) is 0 Å². The van der Waals surface area contributed by atoms with Crippen LogP contribution in [0.2, 0.25) is 5.02 Å². The van der Waals surface area contributed by atoms with Crippen molar-refractivity contribution < 1.29 is 4.40 Å². The Kier molecular flexibility index (Phi) is 1.86. The summed E-state index contributed by atoms with van der Waals surface area (Å²) in [5.41, 5.74) is 1.18. The van der Waals surface area contributed by atoms with Gasteiger partial charge in [0.15, 0.2) is 12.4 Å². The van der Waals surface area contributed by atoms with Gasteiger partial charge in [-0.1, -0.05) is 17.7 Å². The van der Waals surface area contributed by atoms with Gasteiger partial charge in [-0.15, -0.1) is 0 Å². The molecule has 0 atom stereocenters. The highest BCUT2D eigenvalue weighted by Crippen LogP contribution is 2.21. The van der Waals surface area contributed by atoms with Crippen molar-refractivity contribution in [1.29, 1.82) is 0 Å². The zero-order chi connectivity index (χ0) is 10.3. The van der Waals surface area contributed by atoms with Crippen LogP contribution in [0.25, 0.3) is 16.3 Å². The van der Waals surface area contributed by atoms with Crippen LogP contribution in [0.3, 0.4) is 0 Å². The first kappa shape index (κ1) is 8.69. The first-order chi connectivity index (χ1) is 7.34. The minimum Gasteiger partial charge on any atom is -0.167 e. The minimum atomic E-state index is 0.777. The molecule has 0 fully saturated rings. The summed E-state index contributed by atoms with van der Waals surface area (Å²) >= 11 is 6.01. The van der Waals surface area contributed by atoms with Gasteiger partial charge in [0, 0.05) is 23.2 Å². The monoisotopic (exact) mass is 214 g/mol. The van der Waals surface area contributed by atoms with Gasteiger partial charge in [0.05, 0.1) is 5.39 Å². The third-order valence-corrected chi connectivity index (χ3v) is 2.83. The molecule has 1 aromatic carbocycles. The number of rotatable bonds is 0. The molecule has 2 heterocycles. The number of nitrogens with zero attached hydrogens (tertiary/aromatic N) is 1. The molecule has 2 heteroatoms. The van der Waals surface area contributed by atoms with Crippen molar-refractivity contribution in [2.45, 2.75) is 0 Å². The molecule has 0 N–H and O–H groups in total. The van der Waals surface area contributed by atoms with Gasteiger partial charge in [-0.25, -0.2) is 0 Å². The van der Waals surface area contributed by atoms with Crippen LogP contribution in [0.15, 0.2) is 54.9 Å². The smallest absolute Gasteiger partial charge is 0.167 e. The van der Waals surface area contributed by atoms with E-state index in [0.29, 0.717) is 0 Å². The molecule has 0 bridgehead atoms. The summed E-state index contributed by atoms with van der Waals surface area (Å²) in [6, 6.07) is 14.2. The molecule has 0 aliphatic carbocycles. The SMILES string of the molecule is Clc1ccc2cc[n+]3ccccc3c2c1. The molecular weight excluding hydrogens is 206 g/mol. The lowest BCUT2D eigenvalue weighted by molar-refractivity contribution is -0.510. The van der Waals surface area contributed by atoms with Gasteiger partial charge in [0.1, 0.15) is 0 Å². The van der Waals surface area contributed by atoms with Gasteiger partial charge in [0.2, 0.25) is 5.52 Å². The van der Waals surface area contributed by atoms with Gasteiger partial charge in [-0.3, -0.25) is 0 Å². The summed E-state index contributed by atoms with van der Waals surface area (Å²) in [6.45, 7) is 0. The molecule has 2 aromatic heterocycles. The van der Waals surface area contributed by atoms with Gasteiger partial charge >= 0.3 is 0 Å². The van der Waals surface area contributed by atoms with Crippen LogP contribution in [-0.4, -0.2) is 0 Å². The molecule has 3 rings (SSSR count). The summed E-state index contributed by atoms with van der Waals surface area (Å²) in [6.07, 6.45) is 4.10. The number of fused-ring (bicyclic) bond motifs is 3. The second-order valence-corrected chi connectivity index (χ2v) is 3.98. The lowest BCUT2D eigenvalue weighted by Crippen LogP contribution is -2.19. The van der Waals surface area contributed by atoms with Crippen LogP contribution in [-0.2, 0) is 0 Å². The van der Waals surface area contributed by atoms with E-state index >= 15 is 0 Å². The Morgan fingerprint density at radius 1 is 0.933 bits per heavy atom. The summed E-state index contributed by atoms with van der Waals surface area (Å²) in [5.74, 6) is 0. The van der Waals surface area contributed by atoms with Crippen LogP contribution in [0.4, 0.5) is 0 Å². The van der Waals surface area contributed by atoms with Crippen LogP contribution < -0.4 is 4.40 Å². The molecule has 0 spiro atoms. The summed E-state index contributed by atoms with van der Waals surface area (Å²) in [7, 11) is 0. The largest absolute Gasteiger partial charge is 0.218 e. The van der Waals surface area contributed by atoms with E-state index < -0.39 is 0 Å². The number of halogens is 1. The fraction of sp³-hybridized carbons (Fsp3) is 0. The summed E-state index contributed by atoms with van der Waals surface area (Å²) < 4.78 is 2.10. The summed E-state index contributed by atoms with van der Waals surface area (Å²) in [5, 5.41) is 3.18. The lowest BCUT2D eigenvalue weighted by atomic mass is 10.1. The van der Waals surface area contributed by atoms with Crippen molar-refractivity contribution in [3.05, 3.63) is 59.9 Å². The molecule has 0 amide bonds. The van der Waals surface area contributed by atoms with E-state index in [1.807, 2.05) is 36.5 Å². The van der Waals surface area contributed by atoms with Crippen molar-refractivity contribution in [2.75, 3.05) is 0 Å². The standard InChI is InChI=1S/C13H9ClN/c14-11-5-4-10-6-8-15-7-2-1-3-13(15)12(10)9-11/h1-9H/q+1. The Morgan fingerprint density at radius 3 is 2.80 bits per heavy atom. The number of hydrogen-bond acceptors (Lipinski definition) is 0. The maximum absolute atomic E-state index is 6.01. The van der Waals surface area contributed by atoms with Crippen LogP contribution >= 0.6 is 11.6 Å². The number of pyridine rings is 2. The number of hydrogen-bond donors (Lipinski definition) is 0. The lowest BCUT2D eigenvalue weighted by Gasteiger charge is -1.98. The molecule has 0 saturated carbocycles. The second-order valence-electron chi connectivity index (χ2n) is 3.54. The highest BCUT2D eigenvalue weighted by molar-refractivity contribution is 6.31. The average Bonchev–Trinajstić information content (AvgIpc) is 2.29. The minimum absolute atomic E-state index is 0.777. The number of aromatic nitrogens is 1. The Labute approximate surface area is 92.5 Å². The van der Waals surface area contributed by atoms with E-state index in [9.17, 15) is 0 Å². The highest BCUT2D eigenvalue weighted by atomic mass is 35.5. The van der Waals surface area contributed by atoms with Crippen LogP contribution in [0, 0.1) is 0 Å². The normalized spacial score (nSPS) is 11.0. The van der Waals surface area contributed by atoms with Crippen molar-refractivity contribution in [1.82, 2.24) is 0 Å². The fourth-order valence-corrected chi connectivity index (χ4v) is 2.04. The van der Waals surface area contributed by atoms with Crippen molar-refractivity contribution in [3.8, 4) is 0 Å². The Bertz CT molecular complexity index is 646. The predicted molar refractivity (Wildman–Crippen MR) is 62.1 cm³/mol. The second kappa shape index (κ2) is 3.21. The molecule has 0 aliphatic rings. The fourth-order valence-electron chi connectivity index (χ4n) is 1.87. The Hall–Kier alpha value is -1.60. The summed E-state index contributed by atoms with van der Waals surface area (Å²) in [4.78, 5) is 0. The molecule has 1 nitrogen and oxygen atoms in total.